The van der Waals surface area contributed by atoms with Gasteiger partial charge in [0.2, 0.25) is 0 Å². The maximum absolute atomic E-state index is 12.7. The molecule has 1 atom stereocenters. The first-order chi connectivity index (χ1) is 11.6. The molecule has 1 amide bonds. The summed E-state index contributed by atoms with van der Waals surface area (Å²) in [6, 6.07) is 9.46. The van der Waals surface area contributed by atoms with Gasteiger partial charge < -0.3 is 4.90 Å². The smallest absolute Gasteiger partial charge is 0.253 e. The van der Waals surface area contributed by atoms with Crippen LogP contribution >= 0.6 is 22.9 Å². The number of thiazole rings is 1. The molecule has 3 heterocycles. The van der Waals surface area contributed by atoms with Crippen LogP contribution in [0.25, 0.3) is 20.8 Å². The average molecular weight is 358 g/mol. The van der Waals surface area contributed by atoms with Crippen LogP contribution in [-0.2, 0) is 0 Å². The van der Waals surface area contributed by atoms with Crippen LogP contribution in [0.15, 0.2) is 36.5 Å². The van der Waals surface area contributed by atoms with Crippen LogP contribution in [0.5, 0.6) is 0 Å². The summed E-state index contributed by atoms with van der Waals surface area (Å²) >= 11 is 7.48. The summed E-state index contributed by atoms with van der Waals surface area (Å²) in [5.41, 5.74) is 2.50. The zero-order valence-corrected chi connectivity index (χ0v) is 14.8. The summed E-state index contributed by atoms with van der Waals surface area (Å²) in [6.07, 6.45) is 2.82. The molecule has 0 aliphatic carbocycles. The lowest BCUT2D eigenvalue weighted by molar-refractivity contribution is 0.0788. The fraction of sp³-hybridized carbons (Fsp3) is 0.278. The Labute approximate surface area is 149 Å². The lowest BCUT2D eigenvalue weighted by Crippen LogP contribution is -2.28. The van der Waals surface area contributed by atoms with E-state index in [1.165, 1.54) is 0 Å². The lowest BCUT2D eigenvalue weighted by atomic mass is 10.1. The number of likely N-dealkylation sites (tertiary alicyclic amines) is 1. The second-order valence-electron chi connectivity index (χ2n) is 6.22. The number of amides is 1. The molecule has 2 aromatic heterocycles. The highest BCUT2D eigenvalue weighted by Crippen LogP contribution is 2.31. The monoisotopic (exact) mass is 357 g/mol. The number of aromatic nitrogens is 2. The highest BCUT2D eigenvalue weighted by atomic mass is 35.5. The topological polar surface area (TPSA) is 46.1 Å². The maximum atomic E-state index is 12.7. The van der Waals surface area contributed by atoms with Crippen molar-refractivity contribution in [2.45, 2.75) is 13.3 Å². The minimum atomic E-state index is 0.104. The van der Waals surface area contributed by atoms with Gasteiger partial charge in [0.1, 0.15) is 10.2 Å². The summed E-state index contributed by atoms with van der Waals surface area (Å²) in [7, 11) is 0. The number of rotatable bonds is 2. The van der Waals surface area contributed by atoms with Gasteiger partial charge in [0.15, 0.2) is 0 Å². The van der Waals surface area contributed by atoms with E-state index < -0.39 is 0 Å². The molecule has 1 aliphatic heterocycles. The zero-order valence-electron chi connectivity index (χ0n) is 13.2. The van der Waals surface area contributed by atoms with E-state index in [4.69, 9.17) is 11.6 Å². The predicted molar refractivity (Wildman–Crippen MR) is 97.5 cm³/mol. The lowest BCUT2D eigenvalue weighted by Gasteiger charge is -2.16. The summed E-state index contributed by atoms with van der Waals surface area (Å²) in [6.45, 7) is 3.87. The highest BCUT2D eigenvalue weighted by Gasteiger charge is 2.24. The number of nitrogens with zero attached hydrogens (tertiary/aromatic N) is 3. The van der Waals surface area contributed by atoms with E-state index in [1.54, 1.807) is 23.6 Å². The summed E-state index contributed by atoms with van der Waals surface area (Å²) in [4.78, 5) is 23.3. The molecule has 0 radical (unpaired) electrons. The SMILES string of the molecule is C[C@@H]1CCN(C(=O)c2cccc(-c3nc4cc(Cl)ncc4s3)c2)C1. The van der Waals surface area contributed by atoms with Gasteiger partial charge in [0.05, 0.1) is 10.2 Å². The number of pyridine rings is 1. The van der Waals surface area contributed by atoms with Crippen LogP contribution in [0.2, 0.25) is 5.15 Å². The Kier molecular flexibility index (Phi) is 3.98. The van der Waals surface area contributed by atoms with Gasteiger partial charge >= 0.3 is 0 Å². The van der Waals surface area contributed by atoms with Crippen LogP contribution in [0, 0.1) is 5.92 Å². The Balaban J connectivity index is 1.67. The largest absolute Gasteiger partial charge is 0.338 e. The minimum Gasteiger partial charge on any atom is -0.338 e. The fourth-order valence-electron chi connectivity index (χ4n) is 3.02. The second-order valence-corrected chi connectivity index (χ2v) is 7.64. The van der Waals surface area contributed by atoms with E-state index in [2.05, 4.69) is 16.9 Å². The molecule has 24 heavy (non-hydrogen) atoms. The number of hydrogen-bond acceptors (Lipinski definition) is 4. The Bertz CT molecular complexity index is 924. The molecule has 0 bridgehead atoms. The Hall–Kier alpha value is -1.98. The number of benzene rings is 1. The number of carbonyl (C=O) groups is 1. The molecular weight excluding hydrogens is 342 g/mol. The molecule has 0 saturated carbocycles. The van der Waals surface area contributed by atoms with E-state index in [0.29, 0.717) is 11.1 Å². The second kappa shape index (κ2) is 6.15. The van der Waals surface area contributed by atoms with Crippen molar-refractivity contribution in [3.8, 4) is 10.6 Å². The van der Waals surface area contributed by atoms with Crippen LogP contribution in [0.4, 0.5) is 0 Å². The van der Waals surface area contributed by atoms with Crippen molar-refractivity contribution in [1.29, 1.82) is 0 Å². The average Bonchev–Trinajstić information content (AvgIpc) is 3.20. The van der Waals surface area contributed by atoms with Gasteiger partial charge in [0.25, 0.3) is 5.91 Å². The molecule has 1 aromatic carbocycles. The van der Waals surface area contributed by atoms with E-state index >= 15 is 0 Å². The maximum Gasteiger partial charge on any atom is 0.253 e. The van der Waals surface area contributed by atoms with Gasteiger partial charge in [-0.1, -0.05) is 30.7 Å². The molecule has 1 saturated heterocycles. The molecule has 6 heteroatoms. The third kappa shape index (κ3) is 2.89. The molecule has 4 rings (SSSR count). The fourth-order valence-corrected chi connectivity index (χ4v) is 4.08. The number of fused-ring (bicyclic) bond motifs is 1. The minimum absolute atomic E-state index is 0.104. The molecular formula is C18H16ClN3OS. The standard InChI is InChI=1S/C18H16ClN3OS/c1-11-5-6-22(10-11)18(23)13-4-2-3-12(7-13)17-21-14-8-16(19)20-9-15(14)24-17/h2-4,7-9,11H,5-6,10H2,1H3/t11-/m1/s1. The number of halogens is 1. The molecule has 4 nitrogen and oxygen atoms in total. The van der Waals surface area contributed by atoms with Crippen molar-refractivity contribution in [3.63, 3.8) is 0 Å². The molecule has 0 unspecified atom stereocenters. The van der Waals surface area contributed by atoms with Crippen molar-refractivity contribution < 1.29 is 4.79 Å². The quantitative estimate of drug-likeness (QED) is 0.634. The van der Waals surface area contributed by atoms with Crippen molar-refractivity contribution in [2.24, 2.45) is 5.92 Å². The van der Waals surface area contributed by atoms with Crippen LogP contribution in [0.1, 0.15) is 23.7 Å². The van der Waals surface area contributed by atoms with E-state index in [1.807, 2.05) is 29.2 Å². The van der Waals surface area contributed by atoms with Gasteiger partial charge in [0, 0.05) is 36.5 Å². The predicted octanol–water partition coefficient (Wildman–Crippen LogP) is 4.49. The van der Waals surface area contributed by atoms with Crippen LogP contribution < -0.4 is 0 Å². The highest BCUT2D eigenvalue weighted by molar-refractivity contribution is 7.21. The molecule has 3 aromatic rings. The van der Waals surface area contributed by atoms with Gasteiger partial charge in [-0.15, -0.1) is 11.3 Å². The summed E-state index contributed by atoms with van der Waals surface area (Å²) < 4.78 is 0.986. The van der Waals surface area contributed by atoms with Gasteiger partial charge in [-0.25, -0.2) is 9.97 Å². The molecule has 0 spiro atoms. The Morgan fingerprint density at radius 3 is 3.04 bits per heavy atom. The summed E-state index contributed by atoms with van der Waals surface area (Å²) in [5, 5.41) is 1.31. The Morgan fingerprint density at radius 2 is 2.25 bits per heavy atom. The van der Waals surface area contributed by atoms with E-state index in [9.17, 15) is 4.79 Å². The van der Waals surface area contributed by atoms with Crippen LogP contribution in [0.3, 0.4) is 0 Å². The Morgan fingerprint density at radius 1 is 1.38 bits per heavy atom. The first-order valence-electron chi connectivity index (χ1n) is 7.92. The van der Waals surface area contributed by atoms with Crippen molar-refractivity contribution in [3.05, 3.63) is 47.2 Å². The third-order valence-electron chi connectivity index (χ3n) is 4.31. The van der Waals surface area contributed by atoms with Gasteiger partial charge in [-0.05, 0) is 24.5 Å². The van der Waals surface area contributed by atoms with Crippen molar-refractivity contribution in [2.75, 3.05) is 13.1 Å². The first kappa shape index (κ1) is 15.5. The van der Waals surface area contributed by atoms with Gasteiger partial charge in [-0.2, -0.15) is 0 Å². The number of carbonyl (C=O) groups excluding carboxylic acids is 1. The molecule has 1 aliphatic rings. The third-order valence-corrected chi connectivity index (χ3v) is 5.57. The van der Waals surface area contributed by atoms with E-state index in [0.717, 1.165) is 45.9 Å². The van der Waals surface area contributed by atoms with E-state index in [-0.39, 0.29) is 5.91 Å². The zero-order chi connectivity index (χ0) is 16.7. The summed E-state index contributed by atoms with van der Waals surface area (Å²) in [5.74, 6) is 0.686. The molecule has 122 valence electrons. The van der Waals surface area contributed by atoms with Gasteiger partial charge in [-0.3, -0.25) is 4.79 Å². The van der Waals surface area contributed by atoms with Crippen molar-refractivity contribution >= 4 is 39.1 Å². The number of hydrogen-bond donors (Lipinski definition) is 0. The van der Waals surface area contributed by atoms with Crippen molar-refractivity contribution in [1.82, 2.24) is 14.9 Å². The normalized spacial score (nSPS) is 17.6. The van der Waals surface area contributed by atoms with Crippen LogP contribution in [-0.4, -0.2) is 33.9 Å². The molecule has 1 fully saturated rings. The molecule has 0 N–H and O–H groups in total. The first-order valence-corrected chi connectivity index (χ1v) is 9.11.